The molecule has 5 rings (SSSR count). The molecular formula is C30H23N. The van der Waals surface area contributed by atoms with E-state index in [0.29, 0.717) is 0 Å². The summed E-state index contributed by atoms with van der Waals surface area (Å²) in [6.07, 6.45) is 2.90. The minimum Gasteiger partial charge on any atom is -0.256 e. The molecule has 0 aliphatic rings. The third kappa shape index (κ3) is 4.31. The summed E-state index contributed by atoms with van der Waals surface area (Å²) in [5.41, 5.74) is 9.53. The van der Waals surface area contributed by atoms with Crippen LogP contribution in [0.25, 0.3) is 33.5 Å². The van der Waals surface area contributed by atoms with Crippen LogP contribution in [0.5, 0.6) is 0 Å². The van der Waals surface area contributed by atoms with Gasteiger partial charge in [0.1, 0.15) is 0 Å². The van der Waals surface area contributed by atoms with Crippen LogP contribution in [0.2, 0.25) is 0 Å². The van der Waals surface area contributed by atoms with E-state index in [1.807, 2.05) is 12.3 Å². The number of hydrogen-bond acceptors (Lipinski definition) is 1. The zero-order valence-corrected chi connectivity index (χ0v) is 17.3. The lowest BCUT2D eigenvalue weighted by atomic mass is 9.94. The molecule has 1 heterocycles. The lowest BCUT2D eigenvalue weighted by Crippen LogP contribution is -1.96. The third-order valence-corrected chi connectivity index (χ3v) is 5.58. The number of nitrogens with zero attached hydrogens (tertiary/aromatic N) is 1. The molecule has 148 valence electrons. The van der Waals surface area contributed by atoms with E-state index >= 15 is 0 Å². The molecule has 4 aromatic carbocycles. The van der Waals surface area contributed by atoms with Gasteiger partial charge in [0.15, 0.2) is 0 Å². The van der Waals surface area contributed by atoms with E-state index in [1.165, 1.54) is 33.4 Å². The smallest absolute Gasteiger partial charge is 0.0705 e. The van der Waals surface area contributed by atoms with Crippen molar-refractivity contribution in [2.24, 2.45) is 0 Å². The Hall–Kier alpha value is -3.97. The van der Waals surface area contributed by atoms with Gasteiger partial charge in [0.25, 0.3) is 0 Å². The molecule has 0 radical (unpaired) electrons. The molecule has 0 spiro atoms. The summed E-state index contributed by atoms with van der Waals surface area (Å²) in [6.45, 7) is 0. The molecule has 0 amide bonds. The van der Waals surface area contributed by atoms with Crippen molar-refractivity contribution in [3.05, 3.63) is 139 Å². The topological polar surface area (TPSA) is 12.9 Å². The highest BCUT2D eigenvalue weighted by Gasteiger charge is 2.10. The first-order valence-corrected chi connectivity index (χ1v) is 10.6. The van der Waals surface area contributed by atoms with E-state index in [1.54, 1.807) is 0 Å². The summed E-state index contributed by atoms with van der Waals surface area (Å²) in [6, 6.07) is 42.5. The van der Waals surface area contributed by atoms with Crippen molar-refractivity contribution in [3.8, 4) is 33.5 Å². The van der Waals surface area contributed by atoms with Crippen LogP contribution < -0.4 is 0 Å². The minimum atomic E-state index is 0.874. The molecule has 0 unspecified atom stereocenters. The maximum Gasteiger partial charge on any atom is 0.0705 e. The van der Waals surface area contributed by atoms with Gasteiger partial charge in [-0.15, -0.1) is 0 Å². The molecule has 0 fully saturated rings. The Morgan fingerprint density at radius 1 is 0.484 bits per heavy atom. The van der Waals surface area contributed by atoms with E-state index in [2.05, 4.69) is 115 Å². The first kappa shape index (κ1) is 19.0. The Morgan fingerprint density at radius 2 is 1.06 bits per heavy atom. The maximum absolute atomic E-state index is 4.86. The molecule has 0 aliphatic carbocycles. The van der Waals surface area contributed by atoms with Crippen LogP contribution in [-0.4, -0.2) is 4.98 Å². The highest BCUT2D eigenvalue weighted by molar-refractivity contribution is 5.74. The molecule has 0 saturated carbocycles. The van der Waals surface area contributed by atoms with Crippen LogP contribution in [0.4, 0.5) is 0 Å². The van der Waals surface area contributed by atoms with Gasteiger partial charge in [-0.2, -0.15) is 0 Å². The summed E-state index contributed by atoms with van der Waals surface area (Å²) in [4.78, 5) is 4.86. The molecule has 0 bridgehead atoms. The Labute approximate surface area is 183 Å². The highest BCUT2D eigenvalue weighted by atomic mass is 14.7. The van der Waals surface area contributed by atoms with Gasteiger partial charge in [0, 0.05) is 17.3 Å². The van der Waals surface area contributed by atoms with Crippen molar-refractivity contribution >= 4 is 0 Å². The molecule has 1 aromatic heterocycles. The lowest BCUT2D eigenvalue weighted by Gasteiger charge is -2.13. The number of hydrogen-bond donors (Lipinski definition) is 0. The van der Waals surface area contributed by atoms with Crippen LogP contribution in [0.3, 0.4) is 0 Å². The Morgan fingerprint density at radius 3 is 1.77 bits per heavy atom. The predicted octanol–water partition coefficient (Wildman–Crippen LogP) is 7.67. The molecule has 1 nitrogen and oxygen atoms in total. The van der Waals surface area contributed by atoms with Crippen molar-refractivity contribution in [2.45, 2.75) is 6.42 Å². The SMILES string of the molecule is c1ccc(Cc2cc(-c3cccc(-c4ccccc4)c3)ncc2-c2ccccc2)cc1. The zero-order chi connectivity index (χ0) is 20.9. The zero-order valence-electron chi connectivity index (χ0n) is 17.3. The molecule has 0 atom stereocenters. The van der Waals surface area contributed by atoms with Gasteiger partial charge in [-0.25, -0.2) is 0 Å². The van der Waals surface area contributed by atoms with Crippen LogP contribution in [-0.2, 0) is 6.42 Å². The van der Waals surface area contributed by atoms with Gasteiger partial charge in [-0.1, -0.05) is 109 Å². The Bertz CT molecular complexity index is 1280. The number of pyridine rings is 1. The second-order valence-corrected chi connectivity index (χ2v) is 7.70. The standard InChI is InChI=1S/C30H23N/c1-4-11-23(12-5-1)19-28-21-30(31-22-29(28)25-15-8-3-9-16-25)27-18-10-17-26(20-27)24-13-6-2-7-14-24/h1-18,20-22H,19H2. The van der Waals surface area contributed by atoms with E-state index in [9.17, 15) is 0 Å². The summed E-state index contributed by atoms with van der Waals surface area (Å²) < 4.78 is 0. The molecule has 0 aliphatic heterocycles. The first-order valence-electron chi connectivity index (χ1n) is 10.6. The van der Waals surface area contributed by atoms with Crippen LogP contribution >= 0.6 is 0 Å². The van der Waals surface area contributed by atoms with Crippen molar-refractivity contribution < 1.29 is 0 Å². The normalized spacial score (nSPS) is 10.7. The lowest BCUT2D eigenvalue weighted by molar-refractivity contribution is 1.17. The van der Waals surface area contributed by atoms with Crippen LogP contribution in [0, 0.1) is 0 Å². The molecular weight excluding hydrogens is 374 g/mol. The van der Waals surface area contributed by atoms with Gasteiger partial charge in [-0.3, -0.25) is 4.98 Å². The fraction of sp³-hybridized carbons (Fsp3) is 0.0333. The summed E-state index contributed by atoms with van der Waals surface area (Å²) in [7, 11) is 0. The Balaban J connectivity index is 1.58. The highest BCUT2D eigenvalue weighted by Crippen LogP contribution is 2.30. The fourth-order valence-corrected chi connectivity index (χ4v) is 3.98. The van der Waals surface area contributed by atoms with Gasteiger partial charge in [0.05, 0.1) is 5.69 Å². The molecule has 31 heavy (non-hydrogen) atoms. The fourth-order valence-electron chi connectivity index (χ4n) is 3.98. The van der Waals surface area contributed by atoms with Gasteiger partial charge < -0.3 is 0 Å². The minimum absolute atomic E-state index is 0.874. The molecule has 0 N–H and O–H groups in total. The quantitative estimate of drug-likeness (QED) is 0.296. The average Bonchev–Trinajstić information content (AvgIpc) is 2.86. The van der Waals surface area contributed by atoms with Gasteiger partial charge >= 0.3 is 0 Å². The number of aromatic nitrogens is 1. The maximum atomic E-state index is 4.86. The second-order valence-electron chi connectivity index (χ2n) is 7.70. The van der Waals surface area contributed by atoms with E-state index in [-0.39, 0.29) is 0 Å². The van der Waals surface area contributed by atoms with Crippen molar-refractivity contribution in [1.29, 1.82) is 0 Å². The van der Waals surface area contributed by atoms with E-state index in [4.69, 9.17) is 4.98 Å². The average molecular weight is 398 g/mol. The number of rotatable bonds is 5. The Kier molecular flexibility index (Phi) is 5.40. The van der Waals surface area contributed by atoms with Crippen molar-refractivity contribution in [1.82, 2.24) is 4.98 Å². The second kappa shape index (κ2) is 8.81. The number of benzene rings is 4. The van der Waals surface area contributed by atoms with Crippen LogP contribution in [0.1, 0.15) is 11.1 Å². The summed E-state index contributed by atoms with van der Waals surface area (Å²) in [5, 5.41) is 0. The van der Waals surface area contributed by atoms with Crippen molar-refractivity contribution in [3.63, 3.8) is 0 Å². The van der Waals surface area contributed by atoms with E-state index < -0.39 is 0 Å². The van der Waals surface area contributed by atoms with Crippen LogP contribution in [0.15, 0.2) is 128 Å². The molecule has 5 aromatic rings. The van der Waals surface area contributed by atoms with Crippen molar-refractivity contribution in [2.75, 3.05) is 0 Å². The van der Waals surface area contributed by atoms with E-state index in [0.717, 1.165) is 17.7 Å². The molecule has 0 saturated heterocycles. The summed E-state index contributed by atoms with van der Waals surface area (Å²) >= 11 is 0. The molecule has 1 heteroatoms. The van der Waals surface area contributed by atoms with Gasteiger partial charge in [-0.05, 0) is 46.4 Å². The van der Waals surface area contributed by atoms with Gasteiger partial charge in [0.2, 0.25) is 0 Å². The first-order chi connectivity index (χ1) is 15.4. The summed E-state index contributed by atoms with van der Waals surface area (Å²) in [5.74, 6) is 0. The third-order valence-electron chi connectivity index (χ3n) is 5.58. The monoisotopic (exact) mass is 397 g/mol. The largest absolute Gasteiger partial charge is 0.256 e. The predicted molar refractivity (Wildman–Crippen MR) is 130 cm³/mol.